The van der Waals surface area contributed by atoms with Gasteiger partial charge >= 0.3 is 6.09 Å². The molecule has 1 N–H and O–H groups in total. The van der Waals surface area contributed by atoms with E-state index in [0.29, 0.717) is 11.7 Å². The van der Waals surface area contributed by atoms with Crippen LogP contribution in [0.1, 0.15) is 33.6 Å². The number of nitrogens with zero attached hydrogens (tertiary/aromatic N) is 3. The molecule has 116 valence electrons. The van der Waals surface area contributed by atoms with Crippen molar-refractivity contribution in [1.82, 2.24) is 15.3 Å². The number of carbonyl (C=O) groups excluding carboxylic acids is 1. The lowest BCUT2D eigenvalue weighted by molar-refractivity contribution is 0.0525. The molecule has 6 nitrogen and oxygen atoms in total. The van der Waals surface area contributed by atoms with E-state index in [-0.39, 0.29) is 6.04 Å². The molecule has 0 unspecified atom stereocenters. The van der Waals surface area contributed by atoms with Gasteiger partial charge < -0.3 is 15.0 Å². The Labute approximate surface area is 129 Å². The average molecular weight is 313 g/mol. The fourth-order valence-electron chi connectivity index (χ4n) is 2.35. The van der Waals surface area contributed by atoms with Crippen molar-refractivity contribution in [3.8, 4) is 0 Å². The molecule has 21 heavy (non-hydrogen) atoms. The molecule has 1 saturated heterocycles. The zero-order chi connectivity index (χ0) is 15.5. The number of anilines is 1. The fraction of sp³-hybridized carbons (Fsp3) is 0.643. The van der Waals surface area contributed by atoms with Crippen molar-refractivity contribution in [2.45, 2.75) is 45.3 Å². The SMILES string of the molecule is CC(C)(C)OC(=O)NC[C@@H]1CCCN1c1cc(Cl)ncn1. The van der Waals surface area contributed by atoms with Crippen LogP contribution in [-0.4, -0.2) is 40.8 Å². The molecule has 1 aliphatic rings. The van der Waals surface area contributed by atoms with E-state index in [1.807, 2.05) is 20.8 Å². The molecule has 0 bridgehead atoms. The Bertz CT molecular complexity index is 504. The molecule has 0 aliphatic carbocycles. The lowest BCUT2D eigenvalue weighted by Crippen LogP contribution is -2.42. The number of halogens is 1. The quantitative estimate of drug-likeness (QED) is 0.869. The predicted octanol–water partition coefficient (Wildman–Crippen LogP) is 2.62. The van der Waals surface area contributed by atoms with Crippen molar-refractivity contribution in [3.63, 3.8) is 0 Å². The Hall–Kier alpha value is -1.56. The minimum atomic E-state index is -0.486. The summed E-state index contributed by atoms with van der Waals surface area (Å²) < 4.78 is 5.24. The molecular formula is C14H21ClN4O2. The van der Waals surface area contributed by atoms with E-state index in [9.17, 15) is 4.79 Å². The Morgan fingerprint density at radius 2 is 2.29 bits per heavy atom. The maximum atomic E-state index is 11.7. The second-order valence-electron chi connectivity index (χ2n) is 6.07. The second kappa shape index (κ2) is 6.47. The van der Waals surface area contributed by atoms with Gasteiger partial charge in [-0.25, -0.2) is 14.8 Å². The lowest BCUT2D eigenvalue weighted by atomic mass is 10.2. The Balaban J connectivity index is 1.92. The van der Waals surface area contributed by atoms with Crippen LogP contribution in [0, 0.1) is 0 Å². The zero-order valence-electron chi connectivity index (χ0n) is 12.6. The van der Waals surface area contributed by atoms with Gasteiger partial charge in [0.2, 0.25) is 0 Å². The summed E-state index contributed by atoms with van der Waals surface area (Å²) in [5.74, 6) is 0.795. The molecule has 2 heterocycles. The highest BCUT2D eigenvalue weighted by Gasteiger charge is 2.27. The van der Waals surface area contributed by atoms with Gasteiger partial charge in [0.15, 0.2) is 0 Å². The molecule has 1 aromatic heterocycles. The van der Waals surface area contributed by atoms with Crippen LogP contribution >= 0.6 is 11.6 Å². The number of rotatable bonds is 3. The summed E-state index contributed by atoms with van der Waals surface area (Å²) >= 11 is 5.90. The minimum absolute atomic E-state index is 0.198. The van der Waals surface area contributed by atoms with E-state index in [1.54, 1.807) is 6.07 Å². The van der Waals surface area contributed by atoms with Crippen LogP contribution in [0.5, 0.6) is 0 Å². The summed E-state index contributed by atoms with van der Waals surface area (Å²) in [6.45, 7) is 6.95. The molecule has 1 amide bonds. The molecule has 1 aromatic rings. The molecule has 2 rings (SSSR count). The highest BCUT2D eigenvalue weighted by atomic mass is 35.5. The topological polar surface area (TPSA) is 67.3 Å². The number of carbonyl (C=O) groups is 1. The molecule has 7 heteroatoms. The van der Waals surface area contributed by atoms with E-state index < -0.39 is 11.7 Å². The largest absolute Gasteiger partial charge is 0.444 e. The molecule has 0 aromatic carbocycles. The smallest absolute Gasteiger partial charge is 0.407 e. The number of alkyl carbamates (subject to hydrolysis) is 1. The van der Waals surface area contributed by atoms with Crippen molar-refractivity contribution in [1.29, 1.82) is 0 Å². The van der Waals surface area contributed by atoms with Gasteiger partial charge in [-0.1, -0.05) is 11.6 Å². The molecule has 1 fully saturated rings. The summed E-state index contributed by atoms with van der Waals surface area (Å²) in [4.78, 5) is 22.0. The van der Waals surface area contributed by atoms with Crippen molar-refractivity contribution in [3.05, 3.63) is 17.5 Å². The summed E-state index contributed by atoms with van der Waals surface area (Å²) in [5.41, 5.74) is -0.486. The van der Waals surface area contributed by atoms with Crippen LogP contribution in [0.2, 0.25) is 5.15 Å². The first-order valence-electron chi connectivity index (χ1n) is 7.06. The average Bonchev–Trinajstić information content (AvgIpc) is 2.82. The number of hydrogen-bond donors (Lipinski definition) is 1. The predicted molar refractivity (Wildman–Crippen MR) is 81.6 cm³/mol. The first-order valence-corrected chi connectivity index (χ1v) is 7.44. The van der Waals surface area contributed by atoms with E-state index in [1.165, 1.54) is 6.33 Å². The molecule has 1 aliphatic heterocycles. The molecule has 0 saturated carbocycles. The number of aromatic nitrogens is 2. The third kappa shape index (κ3) is 4.74. The van der Waals surface area contributed by atoms with Gasteiger partial charge in [-0.2, -0.15) is 0 Å². The highest BCUT2D eigenvalue weighted by molar-refractivity contribution is 6.29. The van der Waals surface area contributed by atoms with Crippen LogP contribution in [0.25, 0.3) is 0 Å². The van der Waals surface area contributed by atoms with Crippen LogP contribution in [0.15, 0.2) is 12.4 Å². The first kappa shape index (κ1) is 15.8. The van der Waals surface area contributed by atoms with Crippen LogP contribution < -0.4 is 10.2 Å². The zero-order valence-corrected chi connectivity index (χ0v) is 13.4. The second-order valence-corrected chi connectivity index (χ2v) is 6.46. The number of ether oxygens (including phenoxy) is 1. The first-order chi connectivity index (χ1) is 9.85. The minimum Gasteiger partial charge on any atom is -0.444 e. The molecular weight excluding hydrogens is 292 g/mol. The number of nitrogens with one attached hydrogen (secondary N) is 1. The fourth-order valence-corrected chi connectivity index (χ4v) is 2.49. The van der Waals surface area contributed by atoms with E-state index in [4.69, 9.17) is 16.3 Å². The molecule has 0 radical (unpaired) electrons. The summed E-state index contributed by atoms with van der Waals surface area (Å²) in [5, 5.41) is 3.24. The number of amides is 1. The van der Waals surface area contributed by atoms with Gasteiger partial charge in [0.05, 0.1) is 0 Å². The third-order valence-electron chi connectivity index (χ3n) is 3.17. The molecule has 1 atom stereocenters. The van der Waals surface area contributed by atoms with Crippen molar-refractivity contribution in [2.75, 3.05) is 18.0 Å². The Kier molecular flexibility index (Phi) is 4.88. The number of hydrogen-bond acceptors (Lipinski definition) is 5. The van der Waals surface area contributed by atoms with E-state index >= 15 is 0 Å². The van der Waals surface area contributed by atoms with Gasteiger partial charge in [0, 0.05) is 25.2 Å². The Morgan fingerprint density at radius 1 is 1.52 bits per heavy atom. The summed E-state index contributed by atoms with van der Waals surface area (Å²) in [6.07, 6.45) is 3.11. The molecule has 0 spiro atoms. The maximum absolute atomic E-state index is 11.7. The standard InChI is InChI=1S/C14H21ClN4O2/c1-14(2,3)21-13(20)16-8-10-5-4-6-19(10)12-7-11(15)17-9-18-12/h7,9-10H,4-6,8H2,1-3H3,(H,16,20)/t10-/m0/s1. The van der Waals surface area contributed by atoms with Crippen LogP contribution in [0.4, 0.5) is 10.6 Å². The summed E-state index contributed by atoms with van der Waals surface area (Å²) in [6, 6.07) is 1.94. The van der Waals surface area contributed by atoms with E-state index in [0.717, 1.165) is 25.2 Å². The highest BCUT2D eigenvalue weighted by Crippen LogP contribution is 2.24. The maximum Gasteiger partial charge on any atom is 0.407 e. The van der Waals surface area contributed by atoms with Crippen LogP contribution in [-0.2, 0) is 4.74 Å². The van der Waals surface area contributed by atoms with Gasteiger partial charge in [-0.05, 0) is 33.6 Å². The monoisotopic (exact) mass is 312 g/mol. The van der Waals surface area contributed by atoms with Gasteiger partial charge in [0.1, 0.15) is 22.9 Å². The van der Waals surface area contributed by atoms with Gasteiger partial charge in [-0.3, -0.25) is 0 Å². The third-order valence-corrected chi connectivity index (χ3v) is 3.38. The van der Waals surface area contributed by atoms with Crippen LogP contribution in [0.3, 0.4) is 0 Å². The summed E-state index contributed by atoms with van der Waals surface area (Å²) in [7, 11) is 0. The Morgan fingerprint density at radius 3 is 2.95 bits per heavy atom. The van der Waals surface area contributed by atoms with Gasteiger partial charge in [0.25, 0.3) is 0 Å². The van der Waals surface area contributed by atoms with Gasteiger partial charge in [-0.15, -0.1) is 0 Å². The van der Waals surface area contributed by atoms with Crippen molar-refractivity contribution in [2.24, 2.45) is 0 Å². The van der Waals surface area contributed by atoms with Crippen molar-refractivity contribution < 1.29 is 9.53 Å². The van der Waals surface area contributed by atoms with Crippen molar-refractivity contribution >= 4 is 23.5 Å². The van der Waals surface area contributed by atoms with E-state index in [2.05, 4.69) is 20.2 Å². The lowest BCUT2D eigenvalue weighted by Gasteiger charge is -2.26. The normalized spacial score (nSPS) is 18.7.